The molecular weight excluding hydrogens is 531 g/mol. The largest absolute Gasteiger partial charge is 0.434 e. The van der Waals surface area contributed by atoms with Crippen LogP contribution in [0.4, 0.5) is 24.7 Å². The normalized spacial score (nSPS) is 23.9. The van der Waals surface area contributed by atoms with Crippen molar-refractivity contribution in [2.24, 2.45) is 5.92 Å². The fourth-order valence-corrected chi connectivity index (χ4v) is 6.81. The van der Waals surface area contributed by atoms with Crippen molar-refractivity contribution in [3.63, 3.8) is 0 Å². The van der Waals surface area contributed by atoms with Crippen LogP contribution in [0.2, 0.25) is 0 Å². The monoisotopic (exact) mass is 573 g/mol. The summed E-state index contributed by atoms with van der Waals surface area (Å²) >= 11 is 0. The van der Waals surface area contributed by atoms with E-state index in [9.17, 15) is 13.2 Å². The lowest BCUT2D eigenvalue weighted by Crippen LogP contribution is -2.66. The Hall–Kier alpha value is -2.89. The van der Waals surface area contributed by atoms with Gasteiger partial charge in [0.2, 0.25) is 0 Å². The lowest BCUT2D eigenvalue weighted by molar-refractivity contribution is -0.141. The van der Waals surface area contributed by atoms with E-state index in [1.54, 1.807) is 7.11 Å². The van der Waals surface area contributed by atoms with E-state index >= 15 is 0 Å². The van der Waals surface area contributed by atoms with Crippen molar-refractivity contribution in [2.75, 3.05) is 62.8 Å². The molecule has 0 bridgehead atoms. The van der Waals surface area contributed by atoms with Crippen LogP contribution >= 0.6 is 0 Å². The quantitative estimate of drug-likeness (QED) is 0.413. The number of aromatic nitrogens is 3. The fourth-order valence-electron chi connectivity index (χ4n) is 6.81. The number of pyridine rings is 1. The minimum Gasteiger partial charge on any atom is -0.383 e. The Kier molecular flexibility index (Phi) is 9.06. The van der Waals surface area contributed by atoms with Crippen LogP contribution in [0.25, 0.3) is 6.08 Å². The number of piperidine rings is 1. The van der Waals surface area contributed by atoms with Gasteiger partial charge in [-0.05, 0) is 31.7 Å². The van der Waals surface area contributed by atoms with Gasteiger partial charge in [-0.3, -0.25) is 4.68 Å². The molecule has 8 nitrogen and oxygen atoms in total. The van der Waals surface area contributed by atoms with Gasteiger partial charge in [-0.2, -0.15) is 18.3 Å². The molecule has 41 heavy (non-hydrogen) atoms. The van der Waals surface area contributed by atoms with Crippen LogP contribution in [0.15, 0.2) is 31.5 Å². The van der Waals surface area contributed by atoms with Crippen LogP contribution in [0, 0.1) is 12.8 Å². The molecule has 3 aliphatic heterocycles. The molecule has 3 atom stereocenters. The number of piperazine rings is 1. The molecule has 0 aliphatic carbocycles. The van der Waals surface area contributed by atoms with Crippen molar-refractivity contribution in [2.45, 2.75) is 56.9 Å². The van der Waals surface area contributed by atoms with Gasteiger partial charge in [-0.1, -0.05) is 18.7 Å². The number of anilines is 2. The minimum atomic E-state index is -4.59. The summed E-state index contributed by atoms with van der Waals surface area (Å²) in [7, 11) is 1.67. The Balaban J connectivity index is 1.41. The smallest absolute Gasteiger partial charge is 0.383 e. The highest BCUT2D eigenvalue weighted by molar-refractivity contribution is 5.74. The van der Waals surface area contributed by atoms with E-state index in [4.69, 9.17) is 4.74 Å². The van der Waals surface area contributed by atoms with Gasteiger partial charge in [0.05, 0.1) is 25.0 Å². The third-order valence-corrected chi connectivity index (χ3v) is 8.89. The maximum Gasteiger partial charge on any atom is 0.434 e. The van der Waals surface area contributed by atoms with Gasteiger partial charge < -0.3 is 25.2 Å². The zero-order valence-electron chi connectivity index (χ0n) is 24.1. The summed E-state index contributed by atoms with van der Waals surface area (Å²) in [5.74, 6) is 0.968. The number of hydrogen-bond donors (Lipinski definition) is 2. The van der Waals surface area contributed by atoms with Crippen LogP contribution in [-0.4, -0.2) is 79.8 Å². The van der Waals surface area contributed by atoms with Crippen molar-refractivity contribution in [1.29, 1.82) is 0 Å². The molecule has 224 valence electrons. The summed E-state index contributed by atoms with van der Waals surface area (Å²) in [5, 5.41) is 11.5. The topological polar surface area (TPSA) is 70.5 Å². The van der Waals surface area contributed by atoms with E-state index in [1.165, 1.54) is 11.8 Å². The van der Waals surface area contributed by atoms with Gasteiger partial charge in [0.1, 0.15) is 5.82 Å². The van der Waals surface area contributed by atoms with Gasteiger partial charge in [0.15, 0.2) is 5.69 Å². The molecule has 2 aromatic heterocycles. The lowest BCUT2D eigenvalue weighted by atomic mass is 9.79. The summed E-state index contributed by atoms with van der Waals surface area (Å²) in [6.07, 6.45) is 2.78. The van der Waals surface area contributed by atoms with Gasteiger partial charge in [0, 0.05) is 87.6 Å². The number of alkyl halides is 3. The molecule has 0 radical (unpaired) electrons. The molecular formula is C30H42F3N7O. The average Bonchev–Trinajstić information content (AvgIpc) is 3.33. The highest BCUT2D eigenvalue weighted by Crippen LogP contribution is 2.44. The minimum absolute atomic E-state index is 0.0519. The van der Waals surface area contributed by atoms with Gasteiger partial charge in [0.25, 0.3) is 0 Å². The number of nitrogens with zero attached hydrogens (tertiary/aromatic N) is 5. The molecule has 0 saturated carbocycles. The summed E-state index contributed by atoms with van der Waals surface area (Å²) in [4.78, 5) is 8.31. The summed E-state index contributed by atoms with van der Waals surface area (Å²) in [5.41, 5.74) is 2.07. The first kappa shape index (κ1) is 29.6. The predicted octanol–water partition coefficient (Wildman–Crippen LogP) is 4.22. The number of nitrogens with one attached hydrogen (secondary N) is 2. The highest BCUT2D eigenvalue weighted by atomic mass is 19.4. The first-order chi connectivity index (χ1) is 19.8. The van der Waals surface area contributed by atoms with Crippen molar-refractivity contribution >= 4 is 17.6 Å². The first-order valence-corrected chi connectivity index (χ1v) is 14.6. The SMILES string of the molecule is C=CC[C@H]1[C@@H](C2CNCCN2)CN1c1cc(N2CCC(c3c(C)cnn3CCOC)CC2)nc(C(F)(F)F)c1C=C. The predicted molar refractivity (Wildman–Crippen MR) is 156 cm³/mol. The number of ether oxygens (including phenoxy) is 1. The maximum atomic E-state index is 14.4. The molecule has 0 amide bonds. The number of halogens is 3. The van der Waals surface area contributed by atoms with Crippen molar-refractivity contribution in [3.8, 4) is 0 Å². The molecule has 11 heteroatoms. The Morgan fingerprint density at radius 3 is 2.61 bits per heavy atom. The Labute approximate surface area is 240 Å². The first-order valence-electron chi connectivity index (χ1n) is 14.6. The second-order valence-electron chi connectivity index (χ2n) is 11.3. The van der Waals surface area contributed by atoms with Crippen LogP contribution < -0.4 is 20.4 Å². The summed E-state index contributed by atoms with van der Waals surface area (Å²) in [6.45, 7) is 15.6. The van der Waals surface area contributed by atoms with Crippen molar-refractivity contribution in [1.82, 2.24) is 25.4 Å². The van der Waals surface area contributed by atoms with Crippen molar-refractivity contribution in [3.05, 3.63) is 54.0 Å². The lowest BCUT2D eigenvalue weighted by Gasteiger charge is -2.54. The molecule has 3 fully saturated rings. The molecule has 0 aromatic carbocycles. The van der Waals surface area contributed by atoms with Gasteiger partial charge in [-0.25, -0.2) is 4.98 Å². The molecule has 5 rings (SSSR count). The van der Waals surface area contributed by atoms with E-state index in [-0.39, 0.29) is 23.6 Å². The van der Waals surface area contributed by atoms with Crippen LogP contribution in [0.3, 0.4) is 0 Å². The third-order valence-electron chi connectivity index (χ3n) is 8.89. The molecule has 2 aromatic rings. The number of rotatable bonds is 10. The highest BCUT2D eigenvalue weighted by Gasteiger charge is 2.45. The Bertz CT molecular complexity index is 1220. The van der Waals surface area contributed by atoms with E-state index in [0.29, 0.717) is 56.6 Å². The number of aryl methyl sites for hydroxylation is 1. The maximum absolute atomic E-state index is 14.4. The van der Waals surface area contributed by atoms with Gasteiger partial charge in [-0.15, -0.1) is 6.58 Å². The van der Waals surface area contributed by atoms with Crippen LogP contribution in [0.5, 0.6) is 0 Å². The molecule has 2 N–H and O–H groups in total. The van der Waals surface area contributed by atoms with Crippen LogP contribution in [-0.2, 0) is 17.5 Å². The third kappa shape index (κ3) is 6.03. The second kappa shape index (κ2) is 12.5. The van der Waals surface area contributed by atoms with Crippen molar-refractivity contribution < 1.29 is 17.9 Å². The Morgan fingerprint density at radius 2 is 1.98 bits per heavy atom. The van der Waals surface area contributed by atoms with E-state index in [1.807, 2.05) is 27.9 Å². The zero-order valence-corrected chi connectivity index (χ0v) is 24.1. The fraction of sp³-hybridized carbons (Fsp3) is 0.600. The molecule has 3 aliphatic rings. The standard InChI is InChI=1S/C30H42F3N7O/c1-5-7-25-23(24-18-34-10-11-35-24)19-39(25)26-16-27(37-29(22(26)6-2)30(31,32)33)38-12-8-21(9-13-38)28-20(3)17-36-40(28)14-15-41-4/h5-6,16-17,21,23-25,34-35H,1-2,7-15,18-19H2,3-4H3/t23-,24?,25+/m1/s1. The number of hydrogen-bond acceptors (Lipinski definition) is 7. The number of methoxy groups -OCH3 is 1. The van der Waals surface area contributed by atoms with Gasteiger partial charge >= 0.3 is 6.18 Å². The second-order valence-corrected chi connectivity index (χ2v) is 11.3. The zero-order chi connectivity index (χ0) is 29.1. The van der Waals surface area contributed by atoms with E-state index in [2.05, 4.69) is 45.7 Å². The average molecular weight is 574 g/mol. The Morgan fingerprint density at radius 1 is 1.20 bits per heavy atom. The summed E-state index contributed by atoms with van der Waals surface area (Å²) in [6, 6.07) is 2.18. The van der Waals surface area contributed by atoms with E-state index < -0.39 is 11.9 Å². The van der Waals surface area contributed by atoms with E-state index in [0.717, 1.165) is 38.0 Å². The summed E-state index contributed by atoms with van der Waals surface area (Å²) < 4.78 is 50.4. The molecule has 0 spiro atoms. The van der Waals surface area contributed by atoms with Crippen LogP contribution in [0.1, 0.15) is 47.7 Å². The molecule has 3 saturated heterocycles. The molecule has 5 heterocycles. The molecule has 1 unspecified atom stereocenters.